The van der Waals surface area contributed by atoms with Crippen LogP contribution < -0.4 is 9.64 Å². The first-order valence-electron chi connectivity index (χ1n) is 10.0. The lowest BCUT2D eigenvalue weighted by atomic mass is 10.1. The number of hydrogen-bond acceptors (Lipinski definition) is 5. The number of unbranched alkanes of at least 4 members (excludes halogenated alkanes) is 1. The fraction of sp³-hybridized carbons (Fsp3) is 0.429. The quantitative estimate of drug-likeness (QED) is 0.757. The SMILES string of the molecule is CC1=COc2ccc(F)cc2C(=O)N1CCCCN1CCN(c2c[nH]cn2)CC1. The molecule has 0 radical (unpaired) electrons. The second kappa shape index (κ2) is 8.65. The van der Waals surface area contributed by atoms with Gasteiger partial charge in [-0.15, -0.1) is 0 Å². The number of nitrogens with one attached hydrogen (secondary N) is 1. The summed E-state index contributed by atoms with van der Waals surface area (Å²) in [6, 6.07) is 4.05. The molecule has 2 aromatic rings. The lowest BCUT2D eigenvalue weighted by molar-refractivity contribution is 0.0804. The highest BCUT2D eigenvalue weighted by Gasteiger charge is 2.25. The normalized spacial score (nSPS) is 17.6. The highest BCUT2D eigenvalue weighted by molar-refractivity contribution is 5.98. The van der Waals surface area contributed by atoms with E-state index in [1.54, 1.807) is 17.5 Å². The van der Waals surface area contributed by atoms with Crippen molar-refractivity contribution in [1.29, 1.82) is 0 Å². The third-order valence-electron chi connectivity index (χ3n) is 5.49. The van der Waals surface area contributed by atoms with Crippen LogP contribution in [0.3, 0.4) is 0 Å². The maximum Gasteiger partial charge on any atom is 0.262 e. The predicted octanol–water partition coefficient (Wildman–Crippen LogP) is 2.85. The molecule has 0 aliphatic carbocycles. The van der Waals surface area contributed by atoms with Crippen LogP contribution in [-0.4, -0.2) is 64.9 Å². The lowest BCUT2D eigenvalue weighted by Gasteiger charge is -2.34. The summed E-state index contributed by atoms with van der Waals surface area (Å²) >= 11 is 0. The minimum Gasteiger partial charge on any atom is -0.462 e. The molecule has 1 aromatic carbocycles. The van der Waals surface area contributed by atoms with Gasteiger partial charge in [0.05, 0.1) is 17.6 Å². The van der Waals surface area contributed by atoms with Gasteiger partial charge in [0.2, 0.25) is 0 Å². The number of hydrogen-bond donors (Lipinski definition) is 1. The molecule has 0 bridgehead atoms. The van der Waals surface area contributed by atoms with Crippen molar-refractivity contribution in [3.05, 3.63) is 54.1 Å². The molecule has 0 atom stereocenters. The molecule has 3 heterocycles. The Hall–Kier alpha value is -2.87. The van der Waals surface area contributed by atoms with E-state index in [1.807, 2.05) is 13.1 Å². The van der Waals surface area contributed by atoms with Gasteiger partial charge >= 0.3 is 0 Å². The molecule has 1 N–H and O–H groups in total. The van der Waals surface area contributed by atoms with Gasteiger partial charge in [0, 0.05) is 38.9 Å². The summed E-state index contributed by atoms with van der Waals surface area (Å²) in [7, 11) is 0. The first-order valence-corrected chi connectivity index (χ1v) is 10.0. The van der Waals surface area contributed by atoms with Crippen LogP contribution in [0.1, 0.15) is 30.1 Å². The second-order valence-corrected chi connectivity index (χ2v) is 7.44. The summed E-state index contributed by atoms with van der Waals surface area (Å²) in [5.74, 6) is 0.756. The van der Waals surface area contributed by atoms with E-state index in [0.717, 1.165) is 57.1 Å². The van der Waals surface area contributed by atoms with Crippen molar-refractivity contribution in [2.45, 2.75) is 19.8 Å². The van der Waals surface area contributed by atoms with Crippen molar-refractivity contribution in [3.8, 4) is 5.75 Å². The highest BCUT2D eigenvalue weighted by atomic mass is 19.1. The topological polar surface area (TPSA) is 64.7 Å². The molecular weight excluding hydrogens is 373 g/mol. The van der Waals surface area contributed by atoms with Crippen molar-refractivity contribution < 1.29 is 13.9 Å². The number of rotatable bonds is 6. The minimum atomic E-state index is -0.436. The molecule has 2 aliphatic rings. The third kappa shape index (κ3) is 4.42. The molecule has 2 aliphatic heterocycles. The van der Waals surface area contributed by atoms with E-state index in [0.29, 0.717) is 12.3 Å². The van der Waals surface area contributed by atoms with Gasteiger partial charge in [-0.1, -0.05) is 0 Å². The van der Waals surface area contributed by atoms with Gasteiger partial charge in [-0.3, -0.25) is 9.69 Å². The van der Waals surface area contributed by atoms with Crippen LogP contribution in [0.4, 0.5) is 10.2 Å². The zero-order chi connectivity index (χ0) is 20.2. The third-order valence-corrected chi connectivity index (χ3v) is 5.49. The van der Waals surface area contributed by atoms with Crippen LogP contribution in [-0.2, 0) is 0 Å². The lowest BCUT2D eigenvalue weighted by Crippen LogP contribution is -2.46. The Morgan fingerprint density at radius 1 is 1.17 bits per heavy atom. The molecule has 1 fully saturated rings. The predicted molar refractivity (Wildman–Crippen MR) is 108 cm³/mol. The maximum atomic E-state index is 13.6. The Labute approximate surface area is 169 Å². The smallest absolute Gasteiger partial charge is 0.262 e. The Morgan fingerprint density at radius 2 is 1.97 bits per heavy atom. The molecule has 154 valence electrons. The molecule has 8 heteroatoms. The Morgan fingerprint density at radius 3 is 2.72 bits per heavy atom. The van der Waals surface area contributed by atoms with Crippen LogP contribution in [0.5, 0.6) is 5.75 Å². The van der Waals surface area contributed by atoms with Crippen LogP contribution >= 0.6 is 0 Å². The standard InChI is InChI=1S/C21H26FN5O2/c1-16-14-29-19-5-4-17(22)12-18(19)21(28)27(16)7-3-2-6-25-8-10-26(11-9-25)20-13-23-15-24-20/h4-5,12-15H,2-3,6-11H2,1H3,(H,23,24). The second-order valence-electron chi connectivity index (χ2n) is 7.44. The largest absolute Gasteiger partial charge is 0.462 e. The number of fused-ring (bicyclic) bond motifs is 1. The molecule has 1 saturated heterocycles. The summed E-state index contributed by atoms with van der Waals surface area (Å²) < 4.78 is 19.1. The molecule has 29 heavy (non-hydrogen) atoms. The number of allylic oxidation sites excluding steroid dienone is 1. The Bertz CT molecular complexity index is 875. The van der Waals surface area contributed by atoms with Crippen LogP contribution in [0.15, 0.2) is 42.7 Å². The van der Waals surface area contributed by atoms with Gasteiger partial charge < -0.3 is 19.5 Å². The Balaban J connectivity index is 1.25. The van der Waals surface area contributed by atoms with Gasteiger partial charge in [0.25, 0.3) is 5.91 Å². The number of piperazine rings is 1. The average molecular weight is 399 g/mol. The number of aromatic amines is 1. The van der Waals surface area contributed by atoms with E-state index < -0.39 is 5.82 Å². The number of imidazole rings is 1. The molecule has 0 spiro atoms. The van der Waals surface area contributed by atoms with Gasteiger partial charge in [0.15, 0.2) is 0 Å². The van der Waals surface area contributed by atoms with Crippen LogP contribution in [0.25, 0.3) is 0 Å². The van der Waals surface area contributed by atoms with E-state index in [4.69, 9.17) is 4.74 Å². The minimum absolute atomic E-state index is 0.210. The number of nitrogens with zero attached hydrogens (tertiary/aromatic N) is 4. The fourth-order valence-corrected chi connectivity index (χ4v) is 3.80. The highest BCUT2D eigenvalue weighted by Crippen LogP contribution is 2.27. The van der Waals surface area contributed by atoms with Crippen LogP contribution in [0, 0.1) is 5.82 Å². The molecule has 1 aromatic heterocycles. The summed E-state index contributed by atoms with van der Waals surface area (Å²) in [5.41, 5.74) is 1.01. The van der Waals surface area contributed by atoms with Crippen molar-refractivity contribution in [2.24, 2.45) is 0 Å². The number of amides is 1. The van der Waals surface area contributed by atoms with E-state index >= 15 is 0 Å². The summed E-state index contributed by atoms with van der Waals surface area (Å²) in [6.45, 7) is 7.39. The van der Waals surface area contributed by atoms with E-state index in [1.165, 1.54) is 18.2 Å². The van der Waals surface area contributed by atoms with Gasteiger partial charge in [-0.05, 0) is 44.5 Å². The number of halogens is 1. The molecule has 0 saturated carbocycles. The zero-order valence-corrected chi connectivity index (χ0v) is 16.6. The van der Waals surface area contributed by atoms with Crippen LogP contribution in [0.2, 0.25) is 0 Å². The zero-order valence-electron chi connectivity index (χ0n) is 16.6. The number of benzene rings is 1. The fourth-order valence-electron chi connectivity index (χ4n) is 3.80. The summed E-state index contributed by atoms with van der Waals surface area (Å²) in [6.07, 6.45) is 7.07. The summed E-state index contributed by atoms with van der Waals surface area (Å²) in [5, 5.41) is 0. The van der Waals surface area contributed by atoms with E-state index in [9.17, 15) is 9.18 Å². The van der Waals surface area contributed by atoms with Crippen molar-refractivity contribution >= 4 is 11.7 Å². The van der Waals surface area contributed by atoms with Crippen molar-refractivity contribution in [3.63, 3.8) is 0 Å². The maximum absolute atomic E-state index is 13.6. The van der Waals surface area contributed by atoms with Crippen molar-refractivity contribution in [1.82, 2.24) is 19.8 Å². The molecular formula is C21H26FN5O2. The van der Waals surface area contributed by atoms with Gasteiger partial charge in [-0.2, -0.15) is 0 Å². The molecule has 4 rings (SSSR count). The van der Waals surface area contributed by atoms with E-state index in [2.05, 4.69) is 19.8 Å². The van der Waals surface area contributed by atoms with Crippen molar-refractivity contribution in [2.75, 3.05) is 44.2 Å². The molecule has 0 unspecified atom stereocenters. The number of H-pyrrole nitrogens is 1. The van der Waals surface area contributed by atoms with E-state index in [-0.39, 0.29) is 11.5 Å². The monoisotopic (exact) mass is 399 g/mol. The number of carbonyl (C=O) groups is 1. The number of aromatic nitrogens is 2. The van der Waals surface area contributed by atoms with Gasteiger partial charge in [-0.25, -0.2) is 9.37 Å². The first-order chi connectivity index (χ1) is 14.1. The number of carbonyl (C=O) groups excluding carboxylic acids is 1. The average Bonchev–Trinajstić information content (AvgIpc) is 3.24. The molecule has 1 amide bonds. The Kier molecular flexibility index (Phi) is 5.80. The van der Waals surface area contributed by atoms with Gasteiger partial charge in [0.1, 0.15) is 23.6 Å². The number of ether oxygens (including phenoxy) is 1. The molecule has 7 nitrogen and oxygen atoms in total. The number of anilines is 1. The first kappa shape index (κ1) is 19.4. The summed E-state index contributed by atoms with van der Waals surface area (Å²) in [4.78, 5) is 26.6.